The van der Waals surface area contributed by atoms with Gasteiger partial charge in [0.2, 0.25) is 0 Å². The molecular weight excluding hydrogens is 370 g/mol. The Morgan fingerprint density at radius 2 is 1.93 bits per heavy atom. The van der Waals surface area contributed by atoms with Crippen LogP contribution in [0.25, 0.3) is 0 Å². The van der Waals surface area contributed by atoms with E-state index in [-0.39, 0.29) is 11.8 Å². The number of hydrogen-bond acceptors (Lipinski definition) is 5. The Bertz CT molecular complexity index is 869. The van der Waals surface area contributed by atoms with Gasteiger partial charge in [0.1, 0.15) is 17.1 Å². The van der Waals surface area contributed by atoms with E-state index in [0.29, 0.717) is 51.3 Å². The van der Waals surface area contributed by atoms with Crippen LogP contribution in [-0.2, 0) is 21.7 Å². The molecular formula is C21H27N5O3. The number of amides is 2. The van der Waals surface area contributed by atoms with Gasteiger partial charge in [0.25, 0.3) is 11.8 Å². The van der Waals surface area contributed by atoms with E-state index in [1.165, 1.54) is 0 Å². The molecule has 1 fully saturated rings. The summed E-state index contributed by atoms with van der Waals surface area (Å²) in [6.45, 7) is 6.82. The zero-order valence-corrected chi connectivity index (χ0v) is 17.0. The topological polar surface area (TPSA) is 80.6 Å². The number of hydrogen-bond donors (Lipinski definition) is 0. The van der Waals surface area contributed by atoms with Crippen molar-refractivity contribution in [3.05, 3.63) is 48.3 Å². The van der Waals surface area contributed by atoms with Crippen molar-refractivity contribution in [2.75, 3.05) is 26.2 Å². The quantitative estimate of drug-likeness (QED) is 0.784. The normalized spacial score (nSPS) is 20.3. The SMILES string of the molecule is CCN(CC)C(=O)[C@@H]1Cn2ccnc2C2(CCN(C(=O)c3ccccn3)CC2)O1. The fraction of sp³-hybridized carbons (Fsp3) is 0.524. The van der Waals surface area contributed by atoms with E-state index in [9.17, 15) is 9.59 Å². The summed E-state index contributed by atoms with van der Waals surface area (Å²) in [5.41, 5.74) is -0.194. The average Bonchev–Trinajstić information content (AvgIpc) is 3.25. The van der Waals surface area contributed by atoms with Gasteiger partial charge in [-0.1, -0.05) is 6.07 Å². The predicted octanol–water partition coefficient (Wildman–Crippen LogP) is 1.68. The van der Waals surface area contributed by atoms with Crippen LogP contribution in [0.2, 0.25) is 0 Å². The Morgan fingerprint density at radius 3 is 2.59 bits per heavy atom. The van der Waals surface area contributed by atoms with Gasteiger partial charge in [-0.25, -0.2) is 4.98 Å². The molecule has 2 aliphatic rings. The molecule has 1 spiro atoms. The van der Waals surface area contributed by atoms with Gasteiger partial charge < -0.3 is 19.1 Å². The van der Waals surface area contributed by atoms with E-state index in [4.69, 9.17) is 4.74 Å². The smallest absolute Gasteiger partial charge is 0.272 e. The Hall–Kier alpha value is -2.74. The number of carbonyl (C=O) groups excluding carboxylic acids is 2. The van der Waals surface area contributed by atoms with Crippen molar-refractivity contribution in [2.45, 2.75) is 44.9 Å². The molecule has 2 aromatic heterocycles. The van der Waals surface area contributed by atoms with Crippen LogP contribution >= 0.6 is 0 Å². The van der Waals surface area contributed by atoms with Crippen LogP contribution in [0.5, 0.6) is 0 Å². The minimum Gasteiger partial charge on any atom is -0.352 e. The monoisotopic (exact) mass is 397 g/mol. The highest BCUT2D eigenvalue weighted by molar-refractivity contribution is 5.92. The lowest BCUT2D eigenvalue weighted by Crippen LogP contribution is -2.55. The number of likely N-dealkylation sites (tertiary alicyclic amines) is 1. The van der Waals surface area contributed by atoms with E-state index in [1.54, 1.807) is 34.3 Å². The van der Waals surface area contributed by atoms with Gasteiger partial charge in [-0.3, -0.25) is 14.6 Å². The van der Waals surface area contributed by atoms with Gasteiger partial charge in [0.15, 0.2) is 6.10 Å². The second-order valence-corrected chi connectivity index (χ2v) is 7.52. The number of rotatable bonds is 4. The van der Waals surface area contributed by atoms with Crippen molar-refractivity contribution >= 4 is 11.8 Å². The van der Waals surface area contributed by atoms with Crippen molar-refractivity contribution in [3.8, 4) is 0 Å². The molecule has 0 radical (unpaired) electrons. The maximum atomic E-state index is 13.0. The second-order valence-electron chi connectivity index (χ2n) is 7.52. The third-order valence-corrected chi connectivity index (χ3v) is 5.95. The van der Waals surface area contributed by atoms with E-state index in [0.717, 1.165) is 5.82 Å². The summed E-state index contributed by atoms with van der Waals surface area (Å²) in [6, 6.07) is 5.34. The molecule has 2 aromatic rings. The van der Waals surface area contributed by atoms with Gasteiger partial charge in [0, 0.05) is 57.6 Å². The van der Waals surface area contributed by atoms with Crippen molar-refractivity contribution in [1.29, 1.82) is 0 Å². The lowest BCUT2D eigenvalue weighted by atomic mass is 9.88. The maximum Gasteiger partial charge on any atom is 0.272 e. The maximum absolute atomic E-state index is 13.0. The number of piperidine rings is 1. The zero-order chi connectivity index (χ0) is 20.4. The van der Waals surface area contributed by atoms with Gasteiger partial charge in [-0.2, -0.15) is 0 Å². The number of pyridine rings is 1. The van der Waals surface area contributed by atoms with Crippen molar-refractivity contribution in [3.63, 3.8) is 0 Å². The molecule has 0 aromatic carbocycles. The van der Waals surface area contributed by atoms with Crippen molar-refractivity contribution in [1.82, 2.24) is 24.3 Å². The lowest BCUT2D eigenvalue weighted by Gasteiger charge is -2.46. The summed E-state index contributed by atoms with van der Waals surface area (Å²) >= 11 is 0. The summed E-state index contributed by atoms with van der Waals surface area (Å²) in [6.07, 6.45) is 5.97. The fourth-order valence-electron chi connectivity index (χ4n) is 4.33. The minimum atomic E-state index is -0.643. The van der Waals surface area contributed by atoms with E-state index >= 15 is 0 Å². The van der Waals surface area contributed by atoms with E-state index in [2.05, 4.69) is 9.97 Å². The first-order valence-corrected chi connectivity index (χ1v) is 10.3. The molecule has 4 heterocycles. The van der Waals surface area contributed by atoms with Crippen LogP contribution in [0.15, 0.2) is 36.8 Å². The van der Waals surface area contributed by atoms with Gasteiger partial charge in [0.05, 0.1) is 6.54 Å². The first-order valence-electron chi connectivity index (χ1n) is 10.3. The number of carbonyl (C=O) groups is 2. The minimum absolute atomic E-state index is 0.0146. The largest absolute Gasteiger partial charge is 0.352 e. The van der Waals surface area contributed by atoms with Crippen LogP contribution in [0, 0.1) is 0 Å². The Morgan fingerprint density at radius 1 is 1.17 bits per heavy atom. The zero-order valence-electron chi connectivity index (χ0n) is 17.0. The second kappa shape index (κ2) is 7.94. The van der Waals surface area contributed by atoms with E-state index < -0.39 is 11.7 Å². The molecule has 0 N–H and O–H groups in total. The Labute approximate surface area is 170 Å². The number of ether oxygens (including phenoxy) is 1. The van der Waals surface area contributed by atoms with Crippen LogP contribution in [0.1, 0.15) is 43.0 Å². The van der Waals surface area contributed by atoms with Crippen molar-refractivity contribution < 1.29 is 14.3 Å². The van der Waals surface area contributed by atoms with Crippen LogP contribution < -0.4 is 0 Å². The molecule has 2 aliphatic heterocycles. The first kappa shape index (κ1) is 19.6. The lowest BCUT2D eigenvalue weighted by molar-refractivity contribution is -0.179. The standard InChI is InChI=1S/C21H27N5O3/c1-3-24(4-2)19(28)17-15-26-14-11-23-20(26)21(29-17)8-12-25(13-9-21)18(27)16-7-5-6-10-22-16/h5-7,10-11,14,17H,3-4,8-9,12-13,15H2,1-2H3/t17-/m0/s1. The molecule has 8 heteroatoms. The highest BCUT2D eigenvalue weighted by Crippen LogP contribution is 2.40. The molecule has 154 valence electrons. The number of likely N-dealkylation sites (N-methyl/N-ethyl adjacent to an activating group) is 1. The molecule has 0 bridgehead atoms. The molecule has 0 saturated carbocycles. The average molecular weight is 397 g/mol. The van der Waals surface area contributed by atoms with Crippen molar-refractivity contribution in [2.24, 2.45) is 0 Å². The molecule has 4 rings (SSSR count). The van der Waals surface area contributed by atoms with Crippen LogP contribution in [0.4, 0.5) is 0 Å². The number of nitrogens with zero attached hydrogens (tertiary/aromatic N) is 5. The molecule has 0 unspecified atom stereocenters. The summed E-state index contributed by atoms with van der Waals surface area (Å²) in [5, 5.41) is 0. The molecule has 29 heavy (non-hydrogen) atoms. The molecule has 2 amide bonds. The first-order chi connectivity index (χ1) is 14.1. The Balaban J connectivity index is 1.53. The predicted molar refractivity (Wildman–Crippen MR) is 106 cm³/mol. The highest BCUT2D eigenvalue weighted by Gasteiger charge is 2.48. The van der Waals surface area contributed by atoms with Gasteiger partial charge >= 0.3 is 0 Å². The van der Waals surface area contributed by atoms with Gasteiger partial charge in [-0.05, 0) is 26.0 Å². The third kappa shape index (κ3) is 3.53. The summed E-state index contributed by atoms with van der Waals surface area (Å²) in [5.74, 6) is 0.794. The fourth-order valence-corrected chi connectivity index (χ4v) is 4.33. The third-order valence-electron chi connectivity index (χ3n) is 5.95. The summed E-state index contributed by atoms with van der Waals surface area (Å²) in [4.78, 5) is 38.0. The molecule has 1 saturated heterocycles. The van der Waals surface area contributed by atoms with E-state index in [1.807, 2.05) is 30.7 Å². The highest BCUT2D eigenvalue weighted by atomic mass is 16.5. The Kier molecular flexibility index (Phi) is 5.36. The molecule has 8 nitrogen and oxygen atoms in total. The number of aromatic nitrogens is 3. The number of imidazole rings is 1. The van der Waals surface area contributed by atoms with Crippen LogP contribution in [0.3, 0.4) is 0 Å². The molecule has 1 atom stereocenters. The summed E-state index contributed by atoms with van der Waals surface area (Å²) < 4.78 is 8.49. The number of fused-ring (bicyclic) bond motifs is 2. The van der Waals surface area contributed by atoms with Crippen LogP contribution in [-0.4, -0.2) is 68.4 Å². The molecule has 0 aliphatic carbocycles. The van der Waals surface area contributed by atoms with Gasteiger partial charge in [-0.15, -0.1) is 0 Å². The summed E-state index contributed by atoms with van der Waals surface area (Å²) in [7, 11) is 0.